The lowest BCUT2D eigenvalue weighted by atomic mass is 10.1. The highest BCUT2D eigenvalue weighted by molar-refractivity contribution is 5.80. The number of nitrogens with one attached hydrogen (secondary N) is 1. The second kappa shape index (κ2) is 4.54. The lowest BCUT2D eigenvalue weighted by Crippen LogP contribution is -2.07. The molecule has 0 fully saturated rings. The van der Waals surface area contributed by atoms with Gasteiger partial charge in [0, 0.05) is 5.56 Å². The van der Waals surface area contributed by atoms with E-state index in [2.05, 4.69) is 9.97 Å². The van der Waals surface area contributed by atoms with Gasteiger partial charge in [-0.1, -0.05) is 18.2 Å². The molecule has 0 radical (unpaired) electrons. The van der Waals surface area contributed by atoms with E-state index in [4.69, 9.17) is 0 Å². The minimum Gasteiger partial charge on any atom is -0.338 e. The first-order valence-electron chi connectivity index (χ1n) is 5.88. The van der Waals surface area contributed by atoms with Crippen molar-refractivity contribution in [2.75, 3.05) is 0 Å². The average Bonchev–Trinajstić information content (AvgIpc) is 2.87. The first kappa shape index (κ1) is 13.5. The topological polar surface area (TPSA) is 28.7 Å². The van der Waals surface area contributed by atoms with Gasteiger partial charge in [0.2, 0.25) is 0 Å². The van der Waals surface area contributed by atoms with Crippen LogP contribution >= 0.6 is 0 Å². The van der Waals surface area contributed by atoms with Crippen LogP contribution in [-0.4, -0.2) is 9.97 Å². The first-order valence-corrected chi connectivity index (χ1v) is 5.88. The highest BCUT2D eigenvalue weighted by atomic mass is 19.4. The van der Waals surface area contributed by atoms with Crippen LogP contribution in [0.2, 0.25) is 0 Å². The Bertz CT molecular complexity index is 820. The Balaban J connectivity index is 2.25. The zero-order valence-electron chi connectivity index (χ0n) is 10.3. The maximum Gasteiger partial charge on any atom is 0.417 e. The van der Waals surface area contributed by atoms with E-state index in [9.17, 15) is 22.0 Å². The van der Waals surface area contributed by atoms with Crippen molar-refractivity contribution in [3.05, 3.63) is 53.6 Å². The van der Waals surface area contributed by atoms with Gasteiger partial charge in [0.25, 0.3) is 0 Å². The second-order valence-corrected chi connectivity index (χ2v) is 4.39. The largest absolute Gasteiger partial charge is 0.417 e. The first-order chi connectivity index (χ1) is 9.88. The van der Waals surface area contributed by atoms with Gasteiger partial charge in [-0.2, -0.15) is 13.2 Å². The van der Waals surface area contributed by atoms with E-state index in [-0.39, 0.29) is 22.4 Å². The Labute approximate surface area is 115 Å². The number of H-pyrrole nitrogens is 1. The fourth-order valence-corrected chi connectivity index (χ4v) is 2.08. The molecule has 3 aromatic rings. The van der Waals surface area contributed by atoms with E-state index >= 15 is 0 Å². The summed E-state index contributed by atoms with van der Waals surface area (Å²) in [5, 5.41) is 0. The van der Waals surface area contributed by atoms with E-state index in [0.29, 0.717) is 0 Å². The summed E-state index contributed by atoms with van der Waals surface area (Å²) in [4.78, 5) is 6.32. The van der Waals surface area contributed by atoms with Crippen LogP contribution in [0, 0.1) is 11.6 Å². The van der Waals surface area contributed by atoms with Crippen molar-refractivity contribution < 1.29 is 22.0 Å². The highest BCUT2D eigenvalue weighted by Crippen LogP contribution is 2.36. The number of hydrogen-bond acceptors (Lipinski definition) is 1. The van der Waals surface area contributed by atoms with Crippen molar-refractivity contribution in [3.63, 3.8) is 0 Å². The number of imidazole rings is 1. The predicted molar refractivity (Wildman–Crippen MR) is 66.4 cm³/mol. The smallest absolute Gasteiger partial charge is 0.338 e. The molecule has 0 unspecified atom stereocenters. The van der Waals surface area contributed by atoms with E-state index in [0.717, 1.165) is 12.1 Å². The predicted octanol–water partition coefficient (Wildman–Crippen LogP) is 4.53. The third kappa shape index (κ3) is 2.24. The number of halogens is 5. The van der Waals surface area contributed by atoms with Gasteiger partial charge in [0.1, 0.15) is 11.3 Å². The molecule has 2 nitrogen and oxygen atoms in total. The summed E-state index contributed by atoms with van der Waals surface area (Å²) in [6.45, 7) is 0. The van der Waals surface area contributed by atoms with Crippen LogP contribution in [0.1, 0.15) is 5.56 Å². The van der Waals surface area contributed by atoms with Crippen molar-refractivity contribution in [1.29, 1.82) is 0 Å². The summed E-state index contributed by atoms with van der Waals surface area (Å²) in [5.41, 5.74) is -1.33. The van der Waals surface area contributed by atoms with Crippen LogP contribution < -0.4 is 0 Å². The van der Waals surface area contributed by atoms with Crippen molar-refractivity contribution >= 4 is 11.0 Å². The summed E-state index contributed by atoms with van der Waals surface area (Å²) in [6, 6.07) is 6.88. The lowest BCUT2D eigenvalue weighted by Gasteiger charge is -2.10. The zero-order valence-corrected chi connectivity index (χ0v) is 10.3. The summed E-state index contributed by atoms with van der Waals surface area (Å²) >= 11 is 0. The van der Waals surface area contributed by atoms with Gasteiger partial charge in [-0.15, -0.1) is 0 Å². The standard InChI is InChI=1S/C14H7F5N2/c15-9-5-6-10-12(11(9)16)21-13(20-10)7-3-1-2-4-8(7)14(17,18)19/h1-6H,(H,20,21). The van der Waals surface area contributed by atoms with E-state index < -0.39 is 23.4 Å². The molecule has 0 aliphatic rings. The Kier molecular flexibility index (Phi) is 2.93. The highest BCUT2D eigenvalue weighted by Gasteiger charge is 2.34. The van der Waals surface area contributed by atoms with Gasteiger partial charge < -0.3 is 4.98 Å². The van der Waals surface area contributed by atoms with E-state index in [1.54, 1.807) is 0 Å². The molecular weight excluding hydrogens is 291 g/mol. The minimum absolute atomic E-state index is 0.126. The van der Waals surface area contributed by atoms with Crippen molar-refractivity contribution in [2.24, 2.45) is 0 Å². The van der Waals surface area contributed by atoms with Crippen LogP contribution in [0.15, 0.2) is 36.4 Å². The van der Waals surface area contributed by atoms with Gasteiger partial charge in [-0.05, 0) is 18.2 Å². The molecule has 21 heavy (non-hydrogen) atoms. The molecule has 0 atom stereocenters. The molecule has 0 amide bonds. The lowest BCUT2D eigenvalue weighted by molar-refractivity contribution is -0.137. The molecule has 3 rings (SSSR count). The quantitative estimate of drug-likeness (QED) is 0.657. The molecule has 0 saturated heterocycles. The van der Waals surface area contributed by atoms with E-state index in [1.807, 2.05) is 0 Å². The molecule has 0 bridgehead atoms. The number of hydrogen-bond donors (Lipinski definition) is 1. The van der Waals surface area contributed by atoms with Crippen LogP contribution in [0.25, 0.3) is 22.4 Å². The molecule has 0 spiro atoms. The summed E-state index contributed by atoms with van der Waals surface area (Å²) in [7, 11) is 0. The number of fused-ring (bicyclic) bond motifs is 1. The number of alkyl halides is 3. The molecular formula is C14H7F5N2. The van der Waals surface area contributed by atoms with E-state index in [1.165, 1.54) is 24.3 Å². The summed E-state index contributed by atoms with van der Waals surface area (Å²) in [5.74, 6) is -2.47. The fraction of sp³-hybridized carbons (Fsp3) is 0.0714. The second-order valence-electron chi connectivity index (χ2n) is 4.39. The zero-order chi connectivity index (χ0) is 15.2. The van der Waals surface area contributed by atoms with Crippen LogP contribution in [-0.2, 0) is 6.18 Å². The third-order valence-corrected chi connectivity index (χ3v) is 3.03. The molecule has 0 saturated carbocycles. The number of aromatic amines is 1. The SMILES string of the molecule is Fc1ccc2[nH]c(-c3ccccc3C(F)(F)F)nc2c1F. The van der Waals surface area contributed by atoms with Crippen molar-refractivity contribution in [3.8, 4) is 11.4 Å². The normalized spacial score (nSPS) is 12.0. The van der Waals surface area contributed by atoms with Gasteiger partial charge in [0.15, 0.2) is 11.6 Å². The Morgan fingerprint density at radius 1 is 0.952 bits per heavy atom. The van der Waals surface area contributed by atoms with Crippen LogP contribution in [0.5, 0.6) is 0 Å². The van der Waals surface area contributed by atoms with Gasteiger partial charge >= 0.3 is 6.18 Å². The Hall–Kier alpha value is -2.44. The molecule has 1 N–H and O–H groups in total. The van der Waals surface area contributed by atoms with Crippen molar-refractivity contribution in [2.45, 2.75) is 6.18 Å². The number of nitrogens with zero attached hydrogens (tertiary/aromatic N) is 1. The summed E-state index contributed by atoms with van der Waals surface area (Å²) < 4.78 is 65.6. The van der Waals surface area contributed by atoms with Crippen LogP contribution in [0.3, 0.4) is 0 Å². The number of aromatic nitrogens is 2. The monoisotopic (exact) mass is 298 g/mol. The molecule has 7 heteroatoms. The number of rotatable bonds is 1. The van der Waals surface area contributed by atoms with Crippen molar-refractivity contribution in [1.82, 2.24) is 9.97 Å². The maximum absolute atomic E-state index is 13.6. The number of benzene rings is 2. The maximum atomic E-state index is 13.6. The minimum atomic E-state index is -4.57. The van der Waals surface area contributed by atoms with Crippen LogP contribution in [0.4, 0.5) is 22.0 Å². The Morgan fingerprint density at radius 2 is 1.67 bits per heavy atom. The molecule has 2 aromatic carbocycles. The average molecular weight is 298 g/mol. The Morgan fingerprint density at radius 3 is 2.38 bits per heavy atom. The fourth-order valence-electron chi connectivity index (χ4n) is 2.08. The third-order valence-electron chi connectivity index (χ3n) is 3.03. The molecule has 108 valence electrons. The van der Waals surface area contributed by atoms with Gasteiger partial charge in [-0.25, -0.2) is 13.8 Å². The molecule has 0 aliphatic heterocycles. The van der Waals surface area contributed by atoms with Gasteiger partial charge in [-0.3, -0.25) is 0 Å². The summed E-state index contributed by atoms with van der Waals surface area (Å²) in [6.07, 6.45) is -4.57. The molecule has 1 heterocycles. The molecule has 0 aliphatic carbocycles. The molecule has 1 aromatic heterocycles. The van der Waals surface area contributed by atoms with Gasteiger partial charge in [0.05, 0.1) is 11.1 Å².